The molecule has 0 unspecified atom stereocenters. The molecule has 0 radical (unpaired) electrons. The standard InChI is InChI=1S/C15H24N4S2/c1-5-11(6-2)8-19(7-3)15-13(14(16)18-21-15)12-9-20-10(4)17-12/h9,11H,5-8H2,1-4H3,(H2,16,18). The van der Waals surface area contributed by atoms with E-state index >= 15 is 0 Å². The summed E-state index contributed by atoms with van der Waals surface area (Å²) in [7, 11) is 0. The van der Waals surface area contributed by atoms with Crippen LogP contribution in [0.25, 0.3) is 11.3 Å². The zero-order valence-electron chi connectivity index (χ0n) is 13.2. The summed E-state index contributed by atoms with van der Waals surface area (Å²) in [5.74, 6) is 1.31. The van der Waals surface area contributed by atoms with Crippen LogP contribution in [0.1, 0.15) is 38.6 Å². The smallest absolute Gasteiger partial charge is 0.148 e. The third-order valence-electron chi connectivity index (χ3n) is 3.88. The number of thiazole rings is 1. The number of rotatable bonds is 7. The molecule has 2 aromatic heterocycles. The van der Waals surface area contributed by atoms with Crippen molar-refractivity contribution in [1.82, 2.24) is 9.36 Å². The van der Waals surface area contributed by atoms with Crippen molar-refractivity contribution in [1.29, 1.82) is 0 Å². The average molecular weight is 325 g/mol. The molecule has 21 heavy (non-hydrogen) atoms. The molecule has 2 aromatic rings. The summed E-state index contributed by atoms with van der Waals surface area (Å²) >= 11 is 3.15. The molecule has 0 saturated heterocycles. The topological polar surface area (TPSA) is 55.0 Å². The molecule has 2 N–H and O–H groups in total. The highest BCUT2D eigenvalue weighted by molar-refractivity contribution is 7.11. The van der Waals surface area contributed by atoms with E-state index in [0.29, 0.717) is 11.7 Å². The molecule has 4 nitrogen and oxygen atoms in total. The maximum Gasteiger partial charge on any atom is 0.148 e. The van der Waals surface area contributed by atoms with Gasteiger partial charge in [0, 0.05) is 18.5 Å². The largest absolute Gasteiger partial charge is 0.382 e. The monoisotopic (exact) mass is 324 g/mol. The van der Waals surface area contributed by atoms with Crippen LogP contribution in [0.15, 0.2) is 5.38 Å². The molecule has 116 valence electrons. The summed E-state index contributed by atoms with van der Waals surface area (Å²) in [5, 5.41) is 4.29. The Morgan fingerprint density at radius 1 is 1.29 bits per heavy atom. The fourth-order valence-electron chi connectivity index (χ4n) is 2.44. The van der Waals surface area contributed by atoms with Crippen LogP contribution in [0, 0.1) is 12.8 Å². The van der Waals surface area contributed by atoms with Gasteiger partial charge in [-0.1, -0.05) is 26.7 Å². The number of aryl methyl sites for hydroxylation is 1. The van der Waals surface area contributed by atoms with Crippen LogP contribution in [0.5, 0.6) is 0 Å². The number of aromatic nitrogens is 2. The zero-order chi connectivity index (χ0) is 15.4. The minimum atomic E-state index is 0.600. The highest BCUT2D eigenvalue weighted by Gasteiger charge is 2.21. The Labute approximate surface area is 135 Å². The third kappa shape index (κ3) is 3.55. The molecule has 0 aliphatic carbocycles. The zero-order valence-corrected chi connectivity index (χ0v) is 14.9. The van der Waals surface area contributed by atoms with Crippen molar-refractivity contribution in [3.63, 3.8) is 0 Å². The van der Waals surface area contributed by atoms with Gasteiger partial charge in [0.25, 0.3) is 0 Å². The van der Waals surface area contributed by atoms with Crippen LogP contribution < -0.4 is 10.6 Å². The van der Waals surface area contributed by atoms with Crippen molar-refractivity contribution in [2.45, 2.75) is 40.5 Å². The van der Waals surface area contributed by atoms with E-state index in [-0.39, 0.29) is 0 Å². The first-order chi connectivity index (χ1) is 10.1. The van der Waals surface area contributed by atoms with E-state index in [9.17, 15) is 0 Å². The number of nitrogen functional groups attached to an aromatic ring is 1. The van der Waals surface area contributed by atoms with Crippen LogP contribution in [-0.4, -0.2) is 22.4 Å². The Bertz CT molecular complexity index is 572. The molecule has 0 spiro atoms. The number of hydrogen-bond acceptors (Lipinski definition) is 6. The van der Waals surface area contributed by atoms with Gasteiger partial charge in [-0.2, -0.15) is 4.37 Å². The first-order valence-corrected chi connectivity index (χ1v) is 9.18. The number of hydrogen-bond donors (Lipinski definition) is 1. The molecule has 0 bridgehead atoms. The van der Waals surface area contributed by atoms with Crippen molar-refractivity contribution < 1.29 is 0 Å². The van der Waals surface area contributed by atoms with Crippen molar-refractivity contribution in [2.24, 2.45) is 5.92 Å². The quantitative estimate of drug-likeness (QED) is 0.819. The molecule has 0 aliphatic heterocycles. The molecule has 0 amide bonds. The van der Waals surface area contributed by atoms with Gasteiger partial charge in [-0.15, -0.1) is 11.3 Å². The van der Waals surface area contributed by atoms with Crippen LogP contribution in [-0.2, 0) is 0 Å². The predicted molar refractivity (Wildman–Crippen MR) is 94.3 cm³/mol. The van der Waals surface area contributed by atoms with Gasteiger partial charge in [-0.25, -0.2) is 4.98 Å². The Morgan fingerprint density at radius 3 is 2.52 bits per heavy atom. The van der Waals surface area contributed by atoms with E-state index in [1.807, 2.05) is 6.92 Å². The van der Waals surface area contributed by atoms with Gasteiger partial charge >= 0.3 is 0 Å². The SMILES string of the molecule is CCC(CC)CN(CC)c1snc(N)c1-c1csc(C)n1. The van der Waals surface area contributed by atoms with Gasteiger partial charge in [0.15, 0.2) is 0 Å². The van der Waals surface area contributed by atoms with Crippen LogP contribution in [0.3, 0.4) is 0 Å². The number of nitrogens with zero attached hydrogens (tertiary/aromatic N) is 3. The van der Waals surface area contributed by atoms with Gasteiger partial charge in [0.1, 0.15) is 10.8 Å². The molecular formula is C15H24N4S2. The normalized spacial score (nSPS) is 11.3. The van der Waals surface area contributed by atoms with Crippen molar-refractivity contribution in [2.75, 3.05) is 23.7 Å². The molecule has 0 fully saturated rings. The Balaban J connectivity index is 2.34. The second kappa shape index (κ2) is 7.22. The van der Waals surface area contributed by atoms with E-state index in [1.54, 1.807) is 11.3 Å². The summed E-state index contributed by atoms with van der Waals surface area (Å²) in [6.45, 7) is 10.7. The van der Waals surface area contributed by atoms with Crippen LogP contribution in [0.2, 0.25) is 0 Å². The summed E-state index contributed by atoms with van der Waals surface area (Å²) < 4.78 is 4.37. The lowest BCUT2D eigenvalue weighted by atomic mass is 10.0. The molecule has 2 rings (SSSR count). The Hall–Kier alpha value is -1.14. The van der Waals surface area contributed by atoms with Crippen molar-refractivity contribution in [3.05, 3.63) is 10.4 Å². The van der Waals surface area contributed by atoms with Gasteiger partial charge in [-0.3, -0.25) is 0 Å². The summed E-state index contributed by atoms with van der Waals surface area (Å²) in [6.07, 6.45) is 2.40. The second-order valence-corrected chi connectivity index (χ2v) is 7.03. The van der Waals surface area contributed by atoms with E-state index in [2.05, 4.69) is 40.4 Å². The van der Waals surface area contributed by atoms with Crippen molar-refractivity contribution in [3.8, 4) is 11.3 Å². The van der Waals surface area contributed by atoms with Crippen molar-refractivity contribution >= 4 is 33.7 Å². The van der Waals surface area contributed by atoms with E-state index in [4.69, 9.17) is 5.73 Å². The van der Waals surface area contributed by atoms with Gasteiger partial charge < -0.3 is 10.6 Å². The number of anilines is 2. The maximum atomic E-state index is 6.11. The van der Waals surface area contributed by atoms with Crippen LogP contribution in [0.4, 0.5) is 10.8 Å². The summed E-state index contributed by atoms with van der Waals surface area (Å²) in [4.78, 5) is 6.99. The van der Waals surface area contributed by atoms with E-state index < -0.39 is 0 Å². The molecule has 0 aliphatic rings. The van der Waals surface area contributed by atoms with E-state index in [1.165, 1.54) is 24.4 Å². The fourth-order valence-corrected chi connectivity index (χ4v) is 3.94. The average Bonchev–Trinajstić information content (AvgIpc) is 3.06. The molecule has 2 heterocycles. The molecule has 0 aromatic carbocycles. The molecule has 6 heteroatoms. The third-order valence-corrected chi connectivity index (χ3v) is 5.57. The van der Waals surface area contributed by atoms with Crippen LogP contribution >= 0.6 is 22.9 Å². The molecule has 0 atom stereocenters. The Morgan fingerprint density at radius 2 is 2.00 bits per heavy atom. The Kier molecular flexibility index (Phi) is 5.58. The molecule has 0 saturated carbocycles. The number of nitrogens with two attached hydrogens (primary N) is 1. The highest BCUT2D eigenvalue weighted by Crippen LogP contribution is 2.39. The summed E-state index contributed by atoms with van der Waals surface area (Å²) in [6, 6.07) is 0. The lowest BCUT2D eigenvalue weighted by Gasteiger charge is -2.26. The highest BCUT2D eigenvalue weighted by atomic mass is 32.1. The second-order valence-electron chi connectivity index (χ2n) is 5.22. The van der Waals surface area contributed by atoms with Gasteiger partial charge in [-0.05, 0) is 31.3 Å². The summed E-state index contributed by atoms with van der Waals surface area (Å²) in [5.41, 5.74) is 8.08. The molecular weight excluding hydrogens is 300 g/mol. The lowest BCUT2D eigenvalue weighted by molar-refractivity contribution is 0.487. The first kappa shape index (κ1) is 16.2. The minimum absolute atomic E-state index is 0.600. The lowest BCUT2D eigenvalue weighted by Crippen LogP contribution is -2.28. The fraction of sp³-hybridized carbons (Fsp3) is 0.600. The maximum absolute atomic E-state index is 6.11. The van der Waals surface area contributed by atoms with Gasteiger partial charge in [0.2, 0.25) is 0 Å². The minimum Gasteiger partial charge on any atom is -0.382 e. The van der Waals surface area contributed by atoms with E-state index in [0.717, 1.165) is 34.4 Å². The predicted octanol–water partition coefficient (Wildman–Crippen LogP) is 4.42. The van der Waals surface area contributed by atoms with Gasteiger partial charge in [0.05, 0.1) is 16.3 Å². The first-order valence-electron chi connectivity index (χ1n) is 7.53.